The number of carbonyl (C=O) groups excluding carboxylic acids is 1. The molecule has 4 N–H and O–H groups in total. The fourth-order valence-electron chi connectivity index (χ4n) is 3.19. The molecule has 0 aliphatic carbocycles. The fourth-order valence-corrected chi connectivity index (χ4v) is 3.19. The number of Topliss-reactive ketones (excluding diaryl/α,β-unsaturated/α-hetero) is 1. The molecule has 0 spiro atoms. The Kier molecular flexibility index (Phi) is 12.8. The minimum Gasteiger partial charge on any atom is -0.330 e. The van der Waals surface area contributed by atoms with Crippen LogP contribution in [0.3, 0.4) is 0 Å². The summed E-state index contributed by atoms with van der Waals surface area (Å²) in [6.07, 6.45) is 13.7. The Hall–Kier alpha value is -0.410. The fraction of sp³-hybridized carbons (Fsp3) is 0.947. The number of rotatable bonds is 15. The maximum absolute atomic E-state index is 12.8. The topological polar surface area (TPSA) is 69.1 Å². The van der Waals surface area contributed by atoms with Crippen LogP contribution in [0.15, 0.2) is 0 Å². The first kappa shape index (κ1) is 21.6. The van der Waals surface area contributed by atoms with Gasteiger partial charge >= 0.3 is 0 Å². The second-order valence-corrected chi connectivity index (χ2v) is 7.08. The predicted molar refractivity (Wildman–Crippen MR) is 96.9 cm³/mol. The van der Waals surface area contributed by atoms with Crippen LogP contribution in [0, 0.1) is 5.41 Å². The highest BCUT2D eigenvalue weighted by Gasteiger charge is 2.34. The minimum absolute atomic E-state index is 0.241. The van der Waals surface area contributed by atoms with E-state index in [2.05, 4.69) is 20.8 Å². The van der Waals surface area contributed by atoms with Crippen LogP contribution < -0.4 is 11.5 Å². The van der Waals surface area contributed by atoms with Crippen molar-refractivity contribution in [1.29, 1.82) is 0 Å². The third kappa shape index (κ3) is 8.89. The van der Waals surface area contributed by atoms with E-state index in [1.54, 1.807) is 0 Å². The zero-order chi connectivity index (χ0) is 16.8. The highest BCUT2D eigenvalue weighted by atomic mass is 16.1. The van der Waals surface area contributed by atoms with Gasteiger partial charge in [-0.05, 0) is 25.8 Å². The molecule has 3 heteroatoms. The molecule has 0 saturated carbocycles. The summed E-state index contributed by atoms with van der Waals surface area (Å²) in [5.41, 5.74) is 11.4. The van der Waals surface area contributed by atoms with Gasteiger partial charge < -0.3 is 11.5 Å². The van der Waals surface area contributed by atoms with Crippen molar-refractivity contribution in [2.75, 3.05) is 6.54 Å². The smallest absolute Gasteiger partial charge is 0.155 e. The van der Waals surface area contributed by atoms with Crippen molar-refractivity contribution in [3.05, 3.63) is 0 Å². The number of unbranched alkanes of at least 4 members (excludes halogenated alkanes) is 7. The van der Waals surface area contributed by atoms with Gasteiger partial charge in [-0.3, -0.25) is 4.79 Å². The van der Waals surface area contributed by atoms with E-state index in [1.165, 1.54) is 44.9 Å². The molecule has 132 valence electrons. The van der Waals surface area contributed by atoms with E-state index in [4.69, 9.17) is 11.5 Å². The van der Waals surface area contributed by atoms with Gasteiger partial charge in [0, 0.05) is 5.41 Å². The summed E-state index contributed by atoms with van der Waals surface area (Å²) in [5.74, 6) is 0.241. The maximum atomic E-state index is 12.8. The van der Waals surface area contributed by atoms with Crippen LogP contribution in [0.1, 0.15) is 97.8 Å². The Balaban J connectivity index is 4.48. The van der Waals surface area contributed by atoms with Gasteiger partial charge in [0.1, 0.15) is 0 Å². The van der Waals surface area contributed by atoms with Crippen molar-refractivity contribution in [2.24, 2.45) is 16.9 Å². The molecule has 0 aliphatic rings. The second kappa shape index (κ2) is 13.1. The number of carbonyl (C=O) groups is 1. The van der Waals surface area contributed by atoms with Crippen LogP contribution in [0.4, 0.5) is 0 Å². The lowest BCUT2D eigenvalue weighted by atomic mass is 9.73. The minimum atomic E-state index is -0.378. The van der Waals surface area contributed by atoms with Crippen molar-refractivity contribution in [3.8, 4) is 0 Å². The molecule has 22 heavy (non-hydrogen) atoms. The Bertz CT molecular complexity index is 281. The number of hydrogen-bond acceptors (Lipinski definition) is 3. The first-order valence-corrected chi connectivity index (χ1v) is 9.51. The molecular weight excluding hydrogens is 272 g/mol. The first-order valence-electron chi connectivity index (χ1n) is 9.51. The standard InChI is InChI=1S/C19H40N2O/c1-4-6-8-10-12-15-19(3,14-11-9-7-5-2)18(22)17(21)13-16-20/h17H,4-16,20-21H2,1-3H3/t17-,19?/m1/s1. The van der Waals surface area contributed by atoms with Gasteiger partial charge in [-0.25, -0.2) is 0 Å². The molecule has 0 fully saturated rings. The van der Waals surface area contributed by atoms with Gasteiger partial charge in [-0.15, -0.1) is 0 Å². The molecule has 0 rings (SSSR count). The Morgan fingerprint density at radius 2 is 1.36 bits per heavy atom. The molecule has 1 unspecified atom stereocenters. The lowest BCUT2D eigenvalue weighted by Crippen LogP contribution is -2.43. The molecule has 0 saturated heterocycles. The second-order valence-electron chi connectivity index (χ2n) is 7.08. The highest BCUT2D eigenvalue weighted by molar-refractivity contribution is 5.89. The first-order chi connectivity index (χ1) is 10.5. The van der Waals surface area contributed by atoms with E-state index in [1.807, 2.05) is 0 Å². The van der Waals surface area contributed by atoms with Crippen molar-refractivity contribution >= 4 is 5.78 Å². The molecule has 0 bridgehead atoms. The monoisotopic (exact) mass is 312 g/mol. The van der Waals surface area contributed by atoms with Crippen LogP contribution in [0.2, 0.25) is 0 Å². The molecule has 0 aromatic rings. The predicted octanol–water partition coefficient (Wildman–Crippen LogP) is 4.57. The van der Waals surface area contributed by atoms with Crippen molar-refractivity contribution in [1.82, 2.24) is 0 Å². The zero-order valence-corrected chi connectivity index (χ0v) is 15.3. The van der Waals surface area contributed by atoms with Gasteiger partial charge in [0.15, 0.2) is 5.78 Å². The van der Waals surface area contributed by atoms with Gasteiger partial charge in [0.2, 0.25) is 0 Å². The summed E-state index contributed by atoms with van der Waals surface area (Å²) in [7, 11) is 0. The highest BCUT2D eigenvalue weighted by Crippen LogP contribution is 2.33. The lowest BCUT2D eigenvalue weighted by Gasteiger charge is -2.31. The number of ketones is 1. The van der Waals surface area contributed by atoms with Gasteiger partial charge in [0.05, 0.1) is 6.04 Å². The largest absolute Gasteiger partial charge is 0.330 e. The Labute approximate surface area is 138 Å². The summed E-state index contributed by atoms with van der Waals surface area (Å²) in [6.45, 7) is 7.08. The van der Waals surface area contributed by atoms with E-state index in [0.29, 0.717) is 13.0 Å². The van der Waals surface area contributed by atoms with E-state index in [9.17, 15) is 4.79 Å². The maximum Gasteiger partial charge on any atom is 0.155 e. The lowest BCUT2D eigenvalue weighted by molar-refractivity contribution is -0.130. The molecule has 0 amide bonds. The third-order valence-electron chi connectivity index (χ3n) is 4.82. The molecule has 0 aliphatic heterocycles. The van der Waals surface area contributed by atoms with Gasteiger partial charge in [-0.1, -0.05) is 78.6 Å². The van der Waals surface area contributed by atoms with Crippen LogP contribution in [0.5, 0.6) is 0 Å². The average molecular weight is 313 g/mol. The van der Waals surface area contributed by atoms with Crippen LogP contribution in [-0.2, 0) is 4.79 Å². The quantitative estimate of drug-likeness (QED) is 0.435. The Morgan fingerprint density at radius 3 is 1.82 bits per heavy atom. The van der Waals surface area contributed by atoms with Crippen LogP contribution >= 0.6 is 0 Å². The summed E-state index contributed by atoms with van der Waals surface area (Å²) in [4.78, 5) is 12.8. The normalized spacial score (nSPS) is 15.5. The zero-order valence-electron chi connectivity index (χ0n) is 15.3. The summed E-state index contributed by atoms with van der Waals surface area (Å²) in [6, 6.07) is -0.378. The third-order valence-corrected chi connectivity index (χ3v) is 4.82. The van der Waals surface area contributed by atoms with Crippen LogP contribution in [-0.4, -0.2) is 18.4 Å². The van der Waals surface area contributed by atoms with E-state index >= 15 is 0 Å². The molecule has 0 heterocycles. The summed E-state index contributed by atoms with van der Waals surface area (Å²) in [5, 5.41) is 0. The SMILES string of the molecule is CCCCCCCC(C)(CCCCCC)C(=O)[C@H](N)CCN. The van der Waals surface area contributed by atoms with E-state index in [-0.39, 0.29) is 17.2 Å². The summed E-state index contributed by atoms with van der Waals surface area (Å²) >= 11 is 0. The number of nitrogens with two attached hydrogens (primary N) is 2. The van der Waals surface area contributed by atoms with Crippen molar-refractivity contribution < 1.29 is 4.79 Å². The average Bonchev–Trinajstić information content (AvgIpc) is 2.51. The van der Waals surface area contributed by atoms with E-state index in [0.717, 1.165) is 25.7 Å². The van der Waals surface area contributed by atoms with Gasteiger partial charge in [-0.2, -0.15) is 0 Å². The molecular formula is C19H40N2O. The van der Waals surface area contributed by atoms with E-state index < -0.39 is 0 Å². The van der Waals surface area contributed by atoms with Crippen LogP contribution in [0.25, 0.3) is 0 Å². The molecule has 0 aromatic carbocycles. The van der Waals surface area contributed by atoms with Crippen molar-refractivity contribution in [3.63, 3.8) is 0 Å². The number of hydrogen-bond donors (Lipinski definition) is 2. The van der Waals surface area contributed by atoms with Gasteiger partial charge in [0.25, 0.3) is 0 Å². The Morgan fingerprint density at radius 1 is 0.909 bits per heavy atom. The molecule has 3 nitrogen and oxygen atoms in total. The molecule has 0 radical (unpaired) electrons. The van der Waals surface area contributed by atoms with Crippen molar-refractivity contribution in [2.45, 2.75) is 104 Å². The molecule has 0 aromatic heterocycles. The molecule has 2 atom stereocenters. The summed E-state index contributed by atoms with van der Waals surface area (Å²) < 4.78 is 0.